The third-order valence-corrected chi connectivity index (χ3v) is 2.96. The third kappa shape index (κ3) is 4.17. The Kier molecular flexibility index (Phi) is 4.84. The van der Waals surface area contributed by atoms with Crippen LogP contribution >= 0.6 is 11.8 Å². The number of carbonyl (C=O) groups is 1. The second kappa shape index (κ2) is 5.97. The molecule has 0 saturated heterocycles. The number of alkyl halides is 3. The Morgan fingerprint density at radius 1 is 1.47 bits per heavy atom. The fourth-order valence-electron chi connectivity index (χ4n) is 1.38. The molecule has 0 fully saturated rings. The van der Waals surface area contributed by atoms with Crippen LogP contribution in [-0.2, 0) is 4.74 Å². The second-order valence-electron chi connectivity index (χ2n) is 3.54. The van der Waals surface area contributed by atoms with Gasteiger partial charge in [0.25, 0.3) is 0 Å². The van der Waals surface area contributed by atoms with Gasteiger partial charge in [0, 0.05) is 4.90 Å². The minimum atomic E-state index is -4.51. The summed E-state index contributed by atoms with van der Waals surface area (Å²) in [5.74, 6) is -0.870. The quantitative estimate of drug-likeness (QED) is 0.629. The van der Waals surface area contributed by atoms with E-state index in [4.69, 9.17) is 10.00 Å². The maximum absolute atomic E-state index is 12.4. The van der Waals surface area contributed by atoms with Crippen molar-refractivity contribution in [2.24, 2.45) is 0 Å². The summed E-state index contributed by atoms with van der Waals surface area (Å²) in [5, 5.41) is 8.85. The van der Waals surface area contributed by atoms with E-state index in [-0.39, 0.29) is 22.6 Å². The fourth-order valence-corrected chi connectivity index (χ4v) is 2.12. The number of esters is 1. The molecule has 19 heavy (non-hydrogen) atoms. The molecule has 0 radical (unpaired) electrons. The van der Waals surface area contributed by atoms with Gasteiger partial charge in [-0.3, -0.25) is 0 Å². The first-order chi connectivity index (χ1) is 8.78. The maximum Gasteiger partial charge on any atom is 0.446 e. The molecule has 0 N–H and O–H groups in total. The summed E-state index contributed by atoms with van der Waals surface area (Å²) in [6.07, 6.45) is 0. The Labute approximate surface area is 112 Å². The molecule has 0 atom stereocenters. The number of ether oxygens (including phenoxy) is 1. The van der Waals surface area contributed by atoms with Crippen molar-refractivity contribution in [2.45, 2.75) is 24.3 Å². The minimum Gasteiger partial charge on any atom is -0.462 e. The van der Waals surface area contributed by atoms with E-state index in [2.05, 4.69) is 0 Å². The highest BCUT2D eigenvalue weighted by atomic mass is 32.2. The number of rotatable bonds is 3. The molecule has 0 heterocycles. The number of nitriles is 1. The van der Waals surface area contributed by atoms with Gasteiger partial charge >= 0.3 is 11.5 Å². The van der Waals surface area contributed by atoms with Crippen LogP contribution in [0.5, 0.6) is 0 Å². The Hall–Kier alpha value is -1.68. The molecule has 3 nitrogen and oxygen atoms in total. The summed E-state index contributed by atoms with van der Waals surface area (Å²) >= 11 is -0.395. The smallest absolute Gasteiger partial charge is 0.446 e. The van der Waals surface area contributed by atoms with Crippen LogP contribution in [0, 0.1) is 18.3 Å². The normalized spacial score (nSPS) is 10.9. The topological polar surface area (TPSA) is 50.1 Å². The lowest BCUT2D eigenvalue weighted by molar-refractivity contribution is -0.0328. The molecule has 0 aliphatic carbocycles. The van der Waals surface area contributed by atoms with E-state index in [1.165, 1.54) is 13.0 Å². The summed E-state index contributed by atoms with van der Waals surface area (Å²) in [5.41, 5.74) is -4.23. The van der Waals surface area contributed by atoms with Crippen LogP contribution in [0.25, 0.3) is 0 Å². The van der Waals surface area contributed by atoms with Gasteiger partial charge in [-0.15, -0.1) is 0 Å². The van der Waals surface area contributed by atoms with Crippen LogP contribution in [-0.4, -0.2) is 18.1 Å². The lowest BCUT2D eigenvalue weighted by Crippen LogP contribution is -2.09. The molecular weight excluding hydrogens is 279 g/mol. The minimum absolute atomic E-state index is 0.0464. The van der Waals surface area contributed by atoms with Gasteiger partial charge in [-0.1, -0.05) is 0 Å². The van der Waals surface area contributed by atoms with Gasteiger partial charge in [-0.2, -0.15) is 18.4 Å². The van der Waals surface area contributed by atoms with Gasteiger partial charge in [0.15, 0.2) is 0 Å². The summed E-state index contributed by atoms with van der Waals surface area (Å²) in [4.78, 5) is 11.4. The van der Waals surface area contributed by atoms with Gasteiger partial charge < -0.3 is 4.74 Å². The highest BCUT2D eigenvalue weighted by Gasteiger charge is 2.32. The number of benzene rings is 1. The first-order valence-corrected chi connectivity index (χ1v) is 6.07. The first kappa shape index (κ1) is 15.4. The van der Waals surface area contributed by atoms with E-state index in [1.54, 1.807) is 6.92 Å². The predicted octanol–water partition coefficient (Wildman–Crippen LogP) is 3.66. The fraction of sp³-hybridized carbons (Fsp3) is 0.333. The van der Waals surface area contributed by atoms with Crippen molar-refractivity contribution >= 4 is 17.7 Å². The van der Waals surface area contributed by atoms with Crippen molar-refractivity contribution in [1.29, 1.82) is 5.26 Å². The molecular formula is C12H10F3NO2S. The Balaban J connectivity index is 3.31. The summed E-state index contributed by atoms with van der Waals surface area (Å²) < 4.78 is 42.0. The second-order valence-corrected chi connectivity index (χ2v) is 4.65. The summed E-state index contributed by atoms with van der Waals surface area (Å²) in [6, 6.07) is 4.12. The molecule has 0 spiro atoms. The molecule has 0 aliphatic rings. The van der Waals surface area contributed by atoms with Crippen molar-refractivity contribution in [3.8, 4) is 6.07 Å². The number of carbonyl (C=O) groups excluding carboxylic acids is 1. The monoisotopic (exact) mass is 289 g/mol. The molecule has 0 aliphatic heterocycles. The highest BCUT2D eigenvalue weighted by Crippen LogP contribution is 2.39. The first-order valence-electron chi connectivity index (χ1n) is 5.26. The van der Waals surface area contributed by atoms with Crippen LogP contribution in [0.15, 0.2) is 17.0 Å². The summed E-state index contributed by atoms with van der Waals surface area (Å²) in [6.45, 7) is 3.10. The number of aryl methyl sites for hydroxylation is 1. The highest BCUT2D eigenvalue weighted by molar-refractivity contribution is 8.00. The zero-order valence-corrected chi connectivity index (χ0v) is 11.0. The molecule has 0 amide bonds. The van der Waals surface area contributed by atoms with Gasteiger partial charge in [-0.05, 0) is 43.3 Å². The zero-order valence-electron chi connectivity index (χ0n) is 10.2. The van der Waals surface area contributed by atoms with Gasteiger partial charge in [0.05, 0.1) is 23.8 Å². The molecule has 0 saturated carbocycles. The van der Waals surface area contributed by atoms with Crippen LogP contribution < -0.4 is 0 Å². The van der Waals surface area contributed by atoms with E-state index in [0.717, 1.165) is 6.07 Å². The Morgan fingerprint density at radius 3 is 2.58 bits per heavy atom. The third-order valence-electron chi connectivity index (χ3n) is 2.17. The predicted molar refractivity (Wildman–Crippen MR) is 63.8 cm³/mol. The van der Waals surface area contributed by atoms with E-state index >= 15 is 0 Å². The molecule has 1 rings (SSSR count). The van der Waals surface area contributed by atoms with Crippen molar-refractivity contribution in [3.05, 3.63) is 28.8 Å². The molecule has 0 aromatic heterocycles. The van der Waals surface area contributed by atoms with Crippen molar-refractivity contribution in [1.82, 2.24) is 0 Å². The van der Waals surface area contributed by atoms with Gasteiger partial charge in [0.1, 0.15) is 0 Å². The number of halogens is 3. The van der Waals surface area contributed by atoms with E-state index in [1.807, 2.05) is 6.07 Å². The SMILES string of the molecule is CCOC(=O)c1cc(C#N)c(C)cc1SC(F)(F)F. The van der Waals surface area contributed by atoms with Crippen molar-refractivity contribution in [3.63, 3.8) is 0 Å². The van der Waals surface area contributed by atoms with E-state index in [0.29, 0.717) is 5.56 Å². The maximum atomic E-state index is 12.4. The van der Waals surface area contributed by atoms with Crippen LogP contribution in [0.1, 0.15) is 28.4 Å². The lowest BCUT2D eigenvalue weighted by atomic mass is 10.1. The van der Waals surface area contributed by atoms with Gasteiger partial charge in [0.2, 0.25) is 0 Å². The standard InChI is InChI=1S/C12H10F3NO2S/c1-3-18-11(17)9-5-8(6-16)7(2)4-10(9)19-12(13,14)15/h4-5H,3H2,1-2H3. The van der Waals surface area contributed by atoms with Crippen LogP contribution in [0.2, 0.25) is 0 Å². The Bertz CT molecular complexity index is 535. The van der Waals surface area contributed by atoms with Crippen LogP contribution in [0.3, 0.4) is 0 Å². The largest absolute Gasteiger partial charge is 0.462 e. The number of nitrogens with zero attached hydrogens (tertiary/aromatic N) is 1. The zero-order chi connectivity index (χ0) is 14.6. The van der Waals surface area contributed by atoms with Crippen LogP contribution in [0.4, 0.5) is 13.2 Å². The van der Waals surface area contributed by atoms with E-state index in [9.17, 15) is 18.0 Å². The summed E-state index contributed by atoms with van der Waals surface area (Å²) in [7, 11) is 0. The average Bonchev–Trinajstić information content (AvgIpc) is 2.27. The number of thioether (sulfide) groups is 1. The molecule has 0 bridgehead atoms. The molecule has 1 aromatic carbocycles. The molecule has 102 valence electrons. The van der Waals surface area contributed by atoms with Crippen molar-refractivity contribution in [2.75, 3.05) is 6.61 Å². The molecule has 1 aromatic rings. The molecule has 0 unspecified atom stereocenters. The number of hydrogen-bond donors (Lipinski definition) is 0. The average molecular weight is 289 g/mol. The van der Waals surface area contributed by atoms with E-state index < -0.39 is 23.2 Å². The van der Waals surface area contributed by atoms with Crippen molar-refractivity contribution < 1.29 is 22.7 Å². The Morgan fingerprint density at radius 2 is 2.11 bits per heavy atom. The molecule has 7 heteroatoms. The lowest BCUT2D eigenvalue weighted by Gasteiger charge is -2.12. The van der Waals surface area contributed by atoms with Gasteiger partial charge in [-0.25, -0.2) is 4.79 Å². The number of hydrogen-bond acceptors (Lipinski definition) is 4.